The molecule has 0 aromatic heterocycles. The van der Waals surface area contributed by atoms with Gasteiger partial charge >= 0.3 is 0 Å². The Morgan fingerprint density at radius 1 is 1.32 bits per heavy atom. The molecule has 0 heterocycles. The van der Waals surface area contributed by atoms with Crippen LogP contribution < -0.4 is 5.73 Å². The quantitative estimate of drug-likeness (QED) is 0.904. The number of rotatable bonds is 5. The summed E-state index contributed by atoms with van der Waals surface area (Å²) in [6, 6.07) is 5.85. The number of carbonyl (C=O) groups excluding carboxylic acids is 1. The predicted octanol–water partition coefficient (Wildman–Crippen LogP) is 3.26. The molecule has 1 amide bonds. The molecule has 6 heteroatoms. The van der Waals surface area contributed by atoms with E-state index in [1.807, 2.05) is 17.0 Å². The minimum absolute atomic E-state index is 0. The molecule has 1 saturated carbocycles. The summed E-state index contributed by atoms with van der Waals surface area (Å²) in [5.74, 6) is 0.117. The van der Waals surface area contributed by atoms with Gasteiger partial charge in [-0.1, -0.05) is 29.3 Å². The summed E-state index contributed by atoms with van der Waals surface area (Å²) in [6.07, 6.45) is 2.56. The van der Waals surface area contributed by atoms with Crippen LogP contribution in [0.3, 0.4) is 0 Å². The Labute approximate surface area is 129 Å². The summed E-state index contributed by atoms with van der Waals surface area (Å²) >= 11 is 11.9. The number of nitrogens with zero attached hydrogens (tertiary/aromatic N) is 1. The zero-order valence-electron chi connectivity index (χ0n) is 10.4. The van der Waals surface area contributed by atoms with Crippen molar-refractivity contribution in [2.24, 2.45) is 5.73 Å². The largest absolute Gasteiger partial charge is 0.335 e. The zero-order valence-corrected chi connectivity index (χ0v) is 12.8. The van der Waals surface area contributed by atoms with Crippen LogP contribution in [-0.2, 0) is 11.3 Å². The van der Waals surface area contributed by atoms with Gasteiger partial charge in [0.1, 0.15) is 0 Å². The van der Waals surface area contributed by atoms with E-state index in [9.17, 15) is 4.79 Å². The Hall–Kier alpha value is -0.480. The lowest BCUT2D eigenvalue weighted by Crippen LogP contribution is -2.33. The van der Waals surface area contributed by atoms with E-state index >= 15 is 0 Å². The molecule has 0 bridgehead atoms. The summed E-state index contributed by atoms with van der Waals surface area (Å²) < 4.78 is 0. The molecule has 0 unspecified atom stereocenters. The molecule has 1 aromatic carbocycles. The average Bonchev–Trinajstić information content (AvgIpc) is 3.15. The van der Waals surface area contributed by atoms with Crippen LogP contribution in [0.25, 0.3) is 0 Å². The van der Waals surface area contributed by atoms with Crippen LogP contribution in [0, 0.1) is 0 Å². The van der Waals surface area contributed by atoms with Crippen LogP contribution in [-0.4, -0.2) is 23.4 Å². The summed E-state index contributed by atoms with van der Waals surface area (Å²) in [7, 11) is 0. The molecule has 2 N–H and O–H groups in total. The van der Waals surface area contributed by atoms with Crippen LogP contribution in [0.1, 0.15) is 24.8 Å². The minimum Gasteiger partial charge on any atom is -0.335 e. The Morgan fingerprint density at radius 3 is 2.53 bits per heavy atom. The first-order valence-corrected chi connectivity index (χ1v) is 6.81. The van der Waals surface area contributed by atoms with Crippen molar-refractivity contribution < 1.29 is 4.79 Å². The van der Waals surface area contributed by atoms with Gasteiger partial charge < -0.3 is 10.6 Å². The van der Waals surface area contributed by atoms with Crippen LogP contribution in [0.2, 0.25) is 10.0 Å². The van der Waals surface area contributed by atoms with Gasteiger partial charge in [-0.2, -0.15) is 0 Å². The van der Waals surface area contributed by atoms with Gasteiger partial charge in [0.25, 0.3) is 0 Å². The molecule has 2 rings (SSSR count). The second-order valence-electron chi connectivity index (χ2n) is 4.54. The van der Waals surface area contributed by atoms with Crippen LogP contribution >= 0.6 is 35.6 Å². The van der Waals surface area contributed by atoms with E-state index in [1.54, 1.807) is 6.07 Å². The number of amides is 1. The topological polar surface area (TPSA) is 46.3 Å². The minimum atomic E-state index is 0. The van der Waals surface area contributed by atoms with Crippen molar-refractivity contribution in [3.8, 4) is 0 Å². The monoisotopic (exact) mass is 322 g/mol. The first kappa shape index (κ1) is 16.6. The molecular weight excluding hydrogens is 307 g/mol. The Balaban J connectivity index is 0.00000180. The average molecular weight is 324 g/mol. The summed E-state index contributed by atoms with van der Waals surface area (Å²) in [4.78, 5) is 13.9. The number of nitrogens with two attached hydrogens (primary N) is 1. The fourth-order valence-corrected chi connectivity index (χ4v) is 2.23. The van der Waals surface area contributed by atoms with Crippen molar-refractivity contribution >= 4 is 41.5 Å². The predicted molar refractivity (Wildman–Crippen MR) is 81.0 cm³/mol. The normalized spacial score (nSPS) is 13.8. The molecule has 1 aliphatic carbocycles. The number of hydrogen-bond donors (Lipinski definition) is 1. The molecular formula is C13H17Cl3N2O. The van der Waals surface area contributed by atoms with E-state index in [-0.39, 0.29) is 18.3 Å². The molecule has 0 aliphatic heterocycles. The number of benzene rings is 1. The highest BCUT2D eigenvalue weighted by Crippen LogP contribution is 2.30. The molecule has 3 nitrogen and oxygen atoms in total. The molecule has 0 saturated heterocycles. The smallest absolute Gasteiger partial charge is 0.224 e. The van der Waals surface area contributed by atoms with Gasteiger partial charge in [0.15, 0.2) is 0 Å². The highest BCUT2D eigenvalue weighted by atomic mass is 35.5. The van der Waals surface area contributed by atoms with Crippen molar-refractivity contribution in [3.63, 3.8) is 0 Å². The molecule has 0 spiro atoms. The second-order valence-corrected chi connectivity index (χ2v) is 5.35. The standard InChI is InChI=1S/C13H16Cl2N2O.ClH/c14-11-4-1-9(7-12(11)15)8-17(10-2-3-10)13(18)5-6-16;/h1,4,7,10H,2-3,5-6,8,16H2;1H. The Kier molecular flexibility index (Phi) is 6.40. The maximum absolute atomic E-state index is 12.0. The molecule has 106 valence electrons. The molecule has 0 atom stereocenters. The van der Waals surface area contributed by atoms with Gasteiger partial charge in [0, 0.05) is 25.6 Å². The summed E-state index contributed by atoms with van der Waals surface area (Å²) in [5.41, 5.74) is 6.44. The van der Waals surface area contributed by atoms with E-state index in [1.165, 1.54) is 0 Å². The van der Waals surface area contributed by atoms with Gasteiger partial charge in [0.05, 0.1) is 10.0 Å². The van der Waals surface area contributed by atoms with Crippen molar-refractivity contribution in [2.45, 2.75) is 31.8 Å². The Bertz CT molecular complexity index is 450. The number of halogens is 3. The first-order chi connectivity index (χ1) is 8.61. The van der Waals surface area contributed by atoms with Gasteiger partial charge in [-0.15, -0.1) is 12.4 Å². The highest BCUT2D eigenvalue weighted by Gasteiger charge is 2.31. The lowest BCUT2D eigenvalue weighted by Gasteiger charge is -2.22. The van der Waals surface area contributed by atoms with E-state index in [4.69, 9.17) is 28.9 Å². The van der Waals surface area contributed by atoms with Crippen LogP contribution in [0.4, 0.5) is 0 Å². The van der Waals surface area contributed by atoms with Gasteiger partial charge in [-0.25, -0.2) is 0 Å². The van der Waals surface area contributed by atoms with Gasteiger partial charge in [0.2, 0.25) is 5.91 Å². The lowest BCUT2D eigenvalue weighted by molar-refractivity contribution is -0.132. The lowest BCUT2D eigenvalue weighted by atomic mass is 10.2. The molecule has 0 radical (unpaired) electrons. The van der Waals surface area contributed by atoms with Crippen molar-refractivity contribution in [1.29, 1.82) is 0 Å². The van der Waals surface area contributed by atoms with Crippen LogP contribution in [0.5, 0.6) is 0 Å². The Morgan fingerprint density at radius 2 is 2.00 bits per heavy atom. The third-order valence-electron chi connectivity index (χ3n) is 3.00. The number of hydrogen-bond acceptors (Lipinski definition) is 2. The molecule has 1 aromatic rings. The fourth-order valence-electron chi connectivity index (χ4n) is 1.91. The van der Waals surface area contributed by atoms with Gasteiger partial charge in [-0.05, 0) is 30.5 Å². The van der Waals surface area contributed by atoms with Crippen molar-refractivity contribution in [3.05, 3.63) is 33.8 Å². The maximum Gasteiger partial charge on any atom is 0.224 e. The van der Waals surface area contributed by atoms with Gasteiger partial charge in [-0.3, -0.25) is 4.79 Å². The SMILES string of the molecule is Cl.NCCC(=O)N(Cc1ccc(Cl)c(Cl)c1)C1CC1. The molecule has 19 heavy (non-hydrogen) atoms. The van der Waals surface area contributed by atoms with E-state index in [0.717, 1.165) is 18.4 Å². The molecule has 1 fully saturated rings. The van der Waals surface area contributed by atoms with E-state index < -0.39 is 0 Å². The third-order valence-corrected chi connectivity index (χ3v) is 3.74. The first-order valence-electron chi connectivity index (χ1n) is 6.05. The highest BCUT2D eigenvalue weighted by molar-refractivity contribution is 6.42. The number of carbonyl (C=O) groups is 1. The van der Waals surface area contributed by atoms with Crippen molar-refractivity contribution in [2.75, 3.05) is 6.54 Å². The summed E-state index contributed by atoms with van der Waals surface area (Å²) in [6.45, 7) is 0.976. The van der Waals surface area contributed by atoms with E-state index in [2.05, 4.69) is 0 Å². The second kappa shape index (κ2) is 7.34. The molecule has 1 aliphatic rings. The zero-order chi connectivity index (χ0) is 13.1. The van der Waals surface area contributed by atoms with E-state index in [0.29, 0.717) is 35.6 Å². The van der Waals surface area contributed by atoms with Crippen molar-refractivity contribution in [1.82, 2.24) is 4.90 Å². The fraction of sp³-hybridized carbons (Fsp3) is 0.462. The third kappa shape index (κ3) is 4.53. The summed E-state index contributed by atoms with van der Waals surface area (Å²) in [5, 5.41) is 1.06. The maximum atomic E-state index is 12.0. The van der Waals surface area contributed by atoms with Crippen LogP contribution in [0.15, 0.2) is 18.2 Å².